The van der Waals surface area contributed by atoms with Crippen molar-refractivity contribution in [2.75, 3.05) is 13.1 Å². The number of hydrogen-bond donors (Lipinski definition) is 0. The lowest BCUT2D eigenvalue weighted by Crippen LogP contribution is -2.61. The van der Waals surface area contributed by atoms with Crippen LogP contribution < -0.4 is 0 Å². The van der Waals surface area contributed by atoms with Gasteiger partial charge in [-0.1, -0.05) is 55.1 Å². The van der Waals surface area contributed by atoms with E-state index in [-0.39, 0.29) is 12.2 Å². The van der Waals surface area contributed by atoms with Crippen molar-refractivity contribution in [3.63, 3.8) is 0 Å². The van der Waals surface area contributed by atoms with E-state index in [1.165, 1.54) is 0 Å². The van der Waals surface area contributed by atoms with Gasteiger partial charge in [-0.3, -0.25) is 4.79 Å². The van der Waals surface area contributed by atoms with Crippen LogP contribution in [0.15, 0.2) is 64.4 Å². The first-order valence-electron chi connectivity index (χ1n) is 11.5. The fourth-order valence-corrected chi connectivity index (χ4v) is 6.11. The Balaban J connectivity index is 1.57. The smallest absolute Gasteiger partial charge is 0.400 e. The first kappa shape index (κ1) is 22.2. The third-order valence-corrected chi connectivity index (χ3v) is 7.97. The zero-order chi connectivity index (χ0) is 23.1. The van der Waals surface area contributed by atoms with Crippen LogP contribution in [0.5, 0.6) is 0 Å². The molecule has 0 bridgehead atoms. The van der Waals surface area contributed by atoms with Gasteiger partial charge >= 0.3 is 17.8 Å². The van der Waals surface area contributed by atoms with Crippen LogP contribution in [0, 0.1) is 5.92 Å². The second kappa shape index (κ2) is 8.61. The molecular weight excluding hydrogens is 438 g/mol. The van der Waals surface area contributed by atoms with Crippen LogP contribution in [0.1, 0.15) is 44.6 Å². The Kier molecular flexibility index (Phi) is 5.79. The number of piperidine rings is 1. The number of ketones is 1. The predicted octanol–water partition coefficient (Wildman–Crippen LogP) is 4.31. The molecular formula is C26H27NO5S. The molecule has 0 radical (unpaired) electrons. The highest BCUT2D eigenvalue weighted by Crippen LogP contribution is 2.51. The fraction of sp³-hybridized carbons (Fsp3) is 0.423. The number of hydrogen-bond acceptors (Lipinski definition) is 7. The summed E-state index contributed by atoms with van der Waals surface area (Å²) in [4.78, 5) is 42.0. The highest BCUT2D eigenvalue weighted by atomic mass is 32.2. The minimum Gasteiger partial charge on any atom is -0.400 e. The van der Waals surface area contributed by atoms with Crippen molar-refractivity contribution in [1.29, 1.82) is 0 Å². The van der Waals surface area contributed by atoms with Crippen molar-refractivity contribution in [2.45, 2.75) is 60.1 Å². The lowest BCUT2D eigenvalue weighted by Gasteiger charge is -2.49. The number of nitrogens with zero attached hydrogens (tertiary/aromatic N) is 1. The van der Waals surface area contributed by atoms with Gasteiger partial charge < -0.3 is 9.47 Å². The Hall–Kier alpha value is -2.64. The van der Waals surface area contributed by atoms with Crippen LogP contribution in [-0.4, -0.2) is 41.6 Å². The molecule has 0 aromatic heterocycles. The van der Waals surface area contributed by atoms with E-state index < -0.39 is 23.3 Å². The Morgan fingerprint density at radius 3 is 2.36 bits per heavy atom. The third-order valence-electron chi connectivity index (χ3n) is 6.89. The molecule has 1 spiro atoms. The van der Waals surface area contributed by atoms with Crippen LogP contribution >= 0.6 is 11.8 Å². The molecule has 2 saturated heterocycles. The van der Waals surface area contributed by atoms with Gasteiger partial charge in [0.2, 0.25) is 0 Å². The first-order chi connectivity index (χ1) is 16.0. The van der Waals surface area contributed by atoms with E-state index in [0.717, 1.165) is 28.2 Å². The van der Waals surface area contributed by atoms with Gasteiger partial charge in [-0.15, -0.1) is 0 Å². The van der Waals surface area contributed by atoms with E-state index in [0.29, 0.717) is 31.8 Å². The molecule has 1 atom stereocenters. The zero-order valence-corrected chi connectivity index (χ0v) is 19.4. The second-order valence-corrected chi connectivity index (χ2v) is 10.2. The van der Waals surface area contributed by atoms with Gasteiger partial charge in [0.15, 0.2) is 0 Å². The molecule has 33 heavy (non-hydrogen) atoms. The molecule has 2 aromatic rings. The Morgan fingerprint density at radius 1 is 1.03 bits per heavy atom. The fourth-order valence-electron chi connectivity index (χ4n) is 5.04. The molecule has 1 aliphatic carbocycles. The largest absolute Gasteiger partial charge is 0.421 e. The van der Waals surface area contributed by atoms with E-state index in [9.17, 15) is 14.4 Å². The topological polar surface area (TPSA) is 72.9 Å². The molecule has 172 valence electrons. The lowest BCUT2D eigenvalue weighted by atomic mass is 9.67. The molecule has 2 aliphatic heterocycles. The van der Waals surface area contributed by atoms with Crippen LogP contribution in [0.25, 0.3) is 0 Å². The standard InChI is InChI=1S/C26H27NO5S/c1-2-22(28)25(20-10-6-7-11-21(20)33-19-8-4-3-5-9-19)14-15-27(16-18-12-13-18)26(17-25)31-23(29)24(30)32-26/h3-11,18H,2,12-17H2,1H3. The van der Waals surface area contributed by atoms with Crippen molar-refractivity contribution in [3.05, 3.63) is 60.2 Å². The molecule has 1 unspecified atom stereocenters. The molecule has 0 amide bonds. The highest BCUT2D eigenvalue weighted by Gasteiger charge is 2.62. The zero-order valence-electron chi connectivity index (χ0n) is 18.6. The lowest BCUT2D eigenvalue weighted by molar-refractivity contribution is -0.274. The monoisotopic (exact) mass is 465 g/mol. The molecule has 0 N–H and O–H groups in total. The normalized spacial score (nSPS) is 24.5. The van der Waals surface area contributed by atoms with E-state index >= 15 is 0 Å². The minimum absolute atomic E-state index is 0.0630. The summed E-state index contributed by atoms with van der Waals surface area (Å²) >= 11 is 1.61. The number of carbonyl (C=O) groups excluding carboxylic acids is 3. The summed E-state index contributed by atoms with van der Waals surface area (Å²) in [5.41, 5.74) is -0.0203. The van der Waals surface area contributed by atoms with Gasteiger partial charge in [-0.05, 0) is 48.9 Å². The summed E-state index contributed by atoms with van der Waals surface area (Å²) in [6, 6.07) is 17.9. The summed E-state index contributed by atoms with van der Waals surface area (Å²) in [5, 5.41) is 0. The molecule has 3 fully saturated rings. The summed E-state index contributed by atoms with van der Waals surface area (Å²) in [6.07, 6.45) is 3.26. The van der Waals surface area contributed by atoms with Crippen molar-refractivity contribution in [2.24, 2.45) is 5.92 Å². The van der Waals surface area contributed by atoms with Crippen LogP contribution in [0.4, 0.5) is 0 Å². The van der Waals surface area contributed by atoms with Crippen molar-refractivity contribution < 1.29 is 23.9 Å². The average molecular weight is 466 g/mol. The summed E-state index contributed by atoms with van der Waals surface area (Å²) in [7, 11) is 0. The van der Waals surface area contributed by atoms with Crippen molar-refractivity contribution in [3.8, 4) is 0 Å². The minimum atomic E-state index is -1.52. The van der Waals surface area contributed by atoms with Gasteiger partial charge in [-0.2, -0.15) is 0 Å². The number of ether oxygens (including phenoxy) is 2. The number of carbonyl (C=O) groups is 3. The van der Waals surface area contributed by atoms with Gasteiger partial charge in [0.1, 0.15) is 5.78 Å². The third kappa shape index (κ3) is 4.08. The van der Waals surface area contributed by atoms with Gasteiger partial charge in [-0.25, -0.2) is 14.5 Å². The van der Waals surface area contributed by atoms with Gasteiger partial charge in [0.25, 0.3) is 0 Å². The average Bonchev–Trinajstić information content (AvgIpc) is 3.60. The van der Waals surface area contributed by atoms with Crippen molar-refractivity contribution >= 4 is 29.5 Å². The quantitative estimate of drug-likeness (QED) is 0.446. The summed E-state index contributed by atoms with van der Waals surface area (Å²) < 4.78 is 11.3. The van der Waals surface area contributed by atoms with E-state index in [1.54, 1.807) is 11.8 Å². The SMILES string of the molecule is CCC(=O)C1(c2ccccc2Sc2ccccc2)CCN(CC2CC2)C2(C1)OC(=O)C(=O)O2. The molecule has 2 heterocycles. The molecule has 1 saturated carbocycles. The van der Waals surface area contributed by atoms with E-state index in [2.05, 4.69) is 0 Å². The van der Waals surface area contributed by atoms with Crippen LogP contribution in [0.3, 0.4) is 0 Å². The predicted molar refractivity (Wildman–Crippen MR) is 122 cm³/mol. The molecule has 3 aliphatic rings. The Morgan fingerprint density at radius 2 is 1.70 bits per heavy atom. The van der Waals surface area contributed by atoms with Crippen LogP contribution in [-0.2, 0) is 29.3 Å². The van der Waals surface area contributed by atoms with E-state index in [1.807, 2.05) is 66.4 Å². The summed E-state index contributed by atoms with van der Waals surface area (Å²) in [5.74, 6) is -2.92. The molecule has 5 rings (SSSR count). The van der Waals surface area contributed by atoms with Gasteiger partial charge in [0, 0.05) is 29.3 Å². The van der Waals surface area contributed by atoms with Gasteiger partial charge in [0.05, 0.1) is 11.8 Å². The van der Waals surface area contributed by atoms with Crippen molar-refractivity contribution in [1.82, 2.24) is 4.90 Å². The Bertz CT molecular complexity index is 1070. The molecule has 7 heteroatoms. The molecule has 6 nitrogen and oxygen atoms in total. The highest BCUT2D eigenvalue weighted by molar-refractivity contribution is 7.99. The number of rotatable bonds is 7. The maximum atomic E-state index is 13.6. The maximum Gasteiger partial charge on any atom is 0.421 e. The number of Topliss-reactive ketones (excluding diaryl/α,β-unsaturated/α-hetero) is 1. The number of esters is 2. The second-order valence-electron chi connectivity index (χ2n) is 9.08. The summed E-state index contributed by atoms with van der Waals surface area (Å²) in [6.45, 7) is 3.05. The first-order valence-corrected chi connectivity index (χ1v) is 12.3. The van der Waals surface area contributed by atoms with Crippen LogP contribution in [0.2, 0.25) is 0 Å². The Labute approximate surface area is 197 Å². The number of benzene rings is 2. The molecule has 2 aromatic carbocycles. The maximum absolute atomic E-state index is 13.6. The van der Waals surface area contributed by atoms with E-state index in [4.69, 9.17) is 9.47 Å². The number of likely N-dealkylation sites (tertiary alicyclic amines) is 1.